The molecule has 6 nitrogen and oxygen atoms in total. The maximum atomic E-state index is 11.7. The monoisotopic (exact) mass is 460 g/mol. The minimum absolute atomic E-state index is 0.391. The molecule has 0 unspecified atom stereocenters. The number of carbonyl (C=O) groups is 2. The first-order chi connectivity index (χ1) is 15.0. The Kier molecular flexibility index (Phi) is 9.81. The smallest absolute Gasteiger partial charge is 0.340 e. The summed E-state index contributed by atoms with van der Waals surface area (Å²) in [7, 11) is 3.11. The zero-order valence-corrected chi connectivity index (χ0v) is 18.6. The van der Waals surface area contributed by atoms with Crippen LogP contribution in [0.1, 0.15) is 26.4 Å². The van der Waals surface area contributed by atoms with Gasteiger partial charge in [0.25, 0.3) is 0 Å². The predicted octanol–water partition coefficient (Wildman–Crippen LogP) is 5.34. The van der Waals surface area contributed by atoms with Gasteiger partial charge in [0.2, 0.25) is 0 Å². The Labute approximate surface area is 191 Å². The molecule has 1 N–H and O–H groups in total. The van der Waals surface area contributed by atoms with Crippen molar-refractivity contribution < 1.29 is 19.1 Å². The molecule has 0 aliphatic heterocycles. The Bertz CT molecular complexity index is 1010. The third kappa shape index (κ3) is 7.59. The molecule has 2 aromatic carbocycles. The van der Waals surface area contributed by atoms with E-state index in [9.17, 15) is 9.59 Å². The van der Waals surface area contributed by atoms with Gasteiger partial charge in [0.15, 0.2) is 6.29 Å². The van der Waals surface area contributed by atoms with E-state index in [1.165, 1.54) is 13.2 Å². The summed E-state index contributed by atoms with van der Waals surface area (Å²) in [6.07, 6.45) is 3.16. The van der Waals surface area contributed by atoms with E-state index in [4.69, 9.17) is 32.7 Å². The average Bonchev–Trinajstić information content (AvgIpc) is 2.79. The molecule has 0 spiro atoms. The Morgan fingerprint density at radius 1 is 1.13 bits per heavy atom. The summed E-state index contributed by atoms with van der Waals surface area (Å²) in [5.41, 5.74) is 2.60. The van der Waals surface area contributed by atoms with Gasteiger partial charge in [0, 0.05) is 41.6 Å². The van der Waals surface area contributed by atoms with Gasteiger partial charge in [-0.25, -0.2) is 4.79 Å². The van der Waals surface area contributed by atoms with Gasteiger partial charge in [-0.2, -0.15) is 0 Å². The second kappa shape index (κ2) is 12.6. The molecule has 0 saturated carbocycles. The van der Waals surface area contributed by atoms with Crippen molar-refractivity contribution in [3.63, 3.8) is 0 Å². The molecule has 0 aliphatic rings. The Hall–Kier alpha value is -3.09. The lowest BCUT2D eigenvalue weighted by atomic mass is 10.1. The van der Waals surface area contributed by atoms with Crippen molar-refractivity contribution >= 4 is 41.1 Å². The summed E-state index contributed by atoms with van der Waals surface area (Å²) in [5.74, 6) is 0.236. The molecule has 162 valence electrons. The number of hydrogen-bond donors (Lipinski definition) is 1. The van der Waals surface area contributed by atoms with Crippen molar-refractivity contribution in [2.45, 2.75) is 6.42 Å². The highest BCUT2D eigenvalue weighted by molar-refractivity contribution is 6.36. The van der Waals surface area contributed by atoms with E-state index in [0.717, 1.165) is 5.69 Å². The van der Waals surface area contributed by atoms with Crippen LogP contribution in [0.25, 0.3) is 0 Å². The number of aldehydes is 1. The SMILES string of the molecule is CNc1ccc(OCCc2ccccn2)cc1C(=O)OC.O=Cc1ccc(Cl)cc1Cl. The molecule has 3 rings (SSSR count). The number of halogens is 2. The number of methoxy groups -OCH3 is 1. The van der Waals surface area contributed by atoms with Gasteiger partial charge in [-0.1, -0.05) is 29.3 Å². The van der Waals surface area contributed by atoms with Crippen LogP contribution in [0.2, 0.25) is 10.0 Å². The number of pyridine rings is 1. The zero-order chi connectivity index (χ0) is 22.6. The van der Waals surface area contributed by atoms with Crippen LogP contribution >= 0.6 is 23.2 Å². The van der Waals surface area contributed by atoms with Gasteiger partial charge in [-0.3, -0.25) is 9.78 Å². The van der Waals surface area contributed by atoms with Gasteiger partial charge in [-0.05, 0) is 48.5 Å². The Morgan fingerprint density at radius 3 is 2.55 bits per heavy atom. The van der Waals surface area contributed by atoms with E-state index in [-0.39, 0.29) is 0 Å². The second-order valence-electron chi connectivity index (χ2n) is 6.15. The largest absolute Gasteiger partial charge is 0.493 e. The summed E-state index contributed by atoms with van der Waals surface area (Å²) < 4.78 is 10.4. The van der Waals surface area contributed by atoms with Crippen molar-refractivity contribution in [3.05, 3.63) is 87.7 Å². The van der Waals surface area contributed by atoms with Crippen molar-refractivity contribution in [2.75, 3.05) is 26.1 Å². The van der Waals surface area contributed by atoms with Crippen molar-refractivity contribution in [1.82, 2.24) is 4.98 Å². The number of benzene rings is 2. The lowest BCUT2D eigenvalue weighted by Crippen LogP contribution is -2.07. The first-order valence-electron chi connectivity index (χ1n) is 9.31. The zero-order valence-electron chi connectivity index (χ0n) is 17.1. The summed E-state index contributed by atoms with van der Waals surface area (Å²) in [4.78, 5) is 26.2. The number of nitrogens with zero attached hydrogens (tertiary/aromatic N) is 1. The summed E-state index contributed by atoms with van der Waals surface area (Å²) in [6, 6.07) is 15.8. The third-order valence-corrected chi connectivity index (χ3v) is 4.67. The molecule has 8 heteroatoms. The second-order valence-corrected chi connectivity index (χ2v) is 7.00. The highest BCUT2D eigenvalue weighted by Gasteiger charge is 2.12. The van der Waals surface area contributed by atoms with E-state index >= 15 is 0 Å². The van der Waals surface area contributed by atoms with Gasteiger partial charge >= 0.3 is 5.97 Å². The normalized spacial score (nSPS) is 9.81. The van der Waals surface area contributed by atoms with E-state index in [2.05, 4.69) is 10.3 Å². The predicted molar refractivity (Wildman–Crippen MR) is 123 cm³/mol. The van der Waals surface area contributed by atoms with Crippen molar-refractivity contribution in [3.8, 4) is 5.75 Å². The molecule has 1 heterocycles. The maximum Gasteiger partial charge on any atom is 0.340 e. The lowest BCUT2D eigenvalue weighted by molar-refractivity contribution is 0.0601. The Morgan fingerprint density at radius 2 is 1.94 bits per heavy atom. The van der Waals surface area contributed by atoms with Crippen molar-refractivity contribution in [2.24, 2.45) is 0 Å². The molecule has 0 aliphatic carbocycles. The quantitative estimate of drug-likeness (QED) is 0.378. The molecule has 0 saturated heterocycles. The van der Waals surface area contributed by atoms with Crippen LogP contribution in [0.15, 0.2) is 60.8 Å². The first-order valence-corrected chi connectivity index (χ1v) is 10.1. The van der Waals surface area contributed by atoms with Crippen LogP contribution < -0.4 is 10.1 Å². The van der Waals surface area contributed by atoms with Crippen LogP contribution in [0.3, 0.4) is 0 Å². The average molecular weight is 461 g/mol. The number of aromatic nitrogens is 1. The number of rotatable bonds is 7. The van der Waals surface area contributed by atoms with Crippen LogP contribution in [-0.2, 0) is 11.2 Å². The van der Waals surface area contributed by atoms with E-state index in [1.807, 2.05) is 24.3 Å². The molecule has 0 fully saturated rings. The van der Waals surface area contributed by atoms with Gasteiger partial charge in [-0.15, -0.1) is 0 Å². The van der Waals surface area contributed by atoms with Crippen LogP contribution in [0.5, 0.6) is 5.75 Å². The minimum atomic E-state index is -0.394. The fourth-order valence-corrected chi connectivity index (χ4v) is 2.98. The first kappa shape index (κ1) is 24.2. The maximum absolute atomic E-state index is 11.7. The van der Waals surface area contributed by atoms with Gasteiger partial charge < -0.3 is 14.8 Å². The standard InChI is InChI=1S/C16H18N2O3.C7H4Cl2O/c1-17-15-7-6-13(11-14(15)16(19)20-2)21-10-8-12-5-3-4-9-18-12;8-6-2-1-5(4-10)7(9)3-6/h3-7,9,11,17H,8,10H2,1-2H3;1-4H. The molecule has 0 bridgehead atoms. The number of nitrogens with one attached hydrogen (secondary N) is 1. The van der Waals surface area contributed by atoms with Gasteiger partial charge in [0.1, 0.15) is 5.75 Å². The van der Waals surface area contributed by atoms with Crippen LogP contribution in [0, 0.1) is 0 Å². The third-order valence-electron chi connectivity index (χ3n) is 4.11. The number of hydrogen-bond acceptors (Lipinski definition) is 6. The summed E-state index contributed by atoms with van der Waals surface area (Å²) in [5, 5.41) is 3.88. The fourth-order valence-electron chi connectivity index (χ4n) is 2.53. The number of ether oxygens (including phenoxy) is 2. The molecular weight excluding hydrogens is 439 g/mol. The highest BCUT2D eigenvalue weighted by Crippen LogP contribution is 2.23. The van der Waals surface area contributed by atoms with Gasteiger partial charge in [0.05, 0.1) is 24.3 Å². The van der Waals surface area contributed by atoms with Crippen LogP contribution in [0.4, 0.5) is 5.69 Å². The molecule has 1 aromatic heterocycles. The molecule has 3 aromatic rings. The lowest BCUT2D eigenvalue weighted by Gasteiger charge is -2.11. The number of anilines is 1. The van der Waals surface area contributed by atoms with E-state index in [1.54, 1.807) is 37.5 Å². The van der Waals surface area contributed by atoms with E-state index < -0.39 is 5.97 Å². The fraction of sp³-hybridized carbons (Fsp3) is 0.174. The topological polar surface area (TPSA) is 77.5 Å². The molecule has 0 radical (unpaired) electrons. The molecule has 0 atom stereocenters. The molecule has 31 heavy (non-hydrogen) atoms. The molecular formula is C23H22Cl2N2O4. The minimum Gasteiger partial charge on any atom is -0.493 e. The van der Waals surface area contributed by atoms with Crippen molar-refractivity contribution in [1.29, 1.82) is 0 Å². The summed E-state index contributed by atoms with van der Waals surface area (Å²) >= 11 is 11.2. The Balaban J connectivity index is 0.000000285. The number of esters is 1. The highest BCUT2D eigenvalue weighted by atomic mass is 35.5. The van der Waals surface area contributed by atoms with E-state index in [0.29, 0.717) is 51.9 Å². The summed E-state index contributed by atoms with van der Waals surface area (Å²) in [6.45, 7) is 0.497. The number of carbonyl (C=O) groups excluding carboxylic acids is 2. The molecule has 0 amide bonds. The van der Waals surface area contributed by atoms with Crippen LogP contribution in [-0.4, -0.2) is 38.0 Å².